The van der Waals surface area contributed by atoms with Crippen LogP contribution in [0.2, 0.25) is 0 Å². The quantitative estimate of drug-likeness (QED) is 0.562. The van der Waals surface area contributed by atoms with Crippen LogP contribution < -0.4 is 0 Å². The van der Waals surface area contributed by atoms with Crippen LogP contribution in [0.25, 0.3) is 0 Å². The van der Waals surface area contributed by atoms with Crippen LogP contribution in [-0.2, 0) is 12.8 Å². The van der Waals surface area contributed by atoms with Gasteiger partial charge in [-0.05, 0) is 36.8 Å². The van der Waals surface area contributed by atoms with E-state index in [0.717, 1.165) is 0 Å². The van der Waals surface area contributed by atoms with Gasteiger partial charge >= 0.3 is 0 Å². The first kappa shape index (κ1) is 8.80. The second-order valence-corrected chi connectivity index (χ2v) is 4.04. The van der Waals surface area contributed by atoms with Gasteiger partial charge in [0.25, 0.3) is 0 Å². The topological polar surface area (TPSA) is 0 Å². The first-order chi connectivity index (χ1) is 6.47. The molecule has 0 aliphatic heterocycles. The van der Waals surface area contributed by atoms with Crippen LogP contribution in [-0.4, -0.2) is 0 Å². The molecule has 0 nitrogen and oxygen atoms in total. The Labute approximate surface area is 81.0 Å². The van der Waals surface area contributed by atoms with E-state index < -0.39 is 0 Å². The molecule has 0 N–H and O–H groups in total. The lowest BCUT2D eigenvalue weighted by atomic mass is 9.92. The number of hydrogen-bond acceptors (Lipinski definition) is 0. The Morgan fingerprint density at radius 2 is 1.08 bits per heavy atom. The summed E-state index contributed by atoms with van der Waals surface area (Å²) < 4.78 is 0. The largest absolute Gasteiger partial charge is 0.0620 e. The van der Waals surface area contributed by atoms with Crippen molar-refractivity contribution in [3.05, 3.63) is 35.4 Å². The average molecular weight is 174 g/mol. The molecule has 0 bridgehead atoms. The van der Waals surface area contributed by atoms with Gasteiger partial charge in [-0.2, -0.15) is 0 Å². The molecule has 2 aliphatic rings. The first-order valence-electron chi connectivity index (χ1n) is 5.53. The molecule has 0 spiro atoms. The van der Waals surface area contributed by atoms with Gasteiger partial charge in [0.1, 0.15) is 0 Å². The molecule has 1 aromatic carbocycles. The molecule has 0 radical (unpaired) electrons. The van der Waals surface area contributed by atoms with Crippen molar-refractivity contribution in [2.45, 2.75) is 44.9 Å². The van der Waals surface area contributed by atoms with Crippen molar-refractivity contribution in [2.24, 2.45) is 0 Å². The van der Waals surface area contributed by atoms with E-state index in [1.165, 1.54) is 44.9 Å². The summed E-state index contributed by atoms with van der Waals surface area (Å²) in [6.07, 6.45) is 9.88. The summed E-state index contributed by atoms with van der Waals surface area (Å²) in [5, 5.41) is 0. The lowest BCUT2D eigenvalue weighted by Gasteiger charge is -2.13. The molecular weight excluding hydrogens is 156 g/mol. The third-order valence-corrected chi connectivity index (χ3v) is 2.61. The van der Waals surface area contributed by atoms with Crippen LogP contribution in [0, 0.1) is 0 Å². The second kappa shape index (κ2) is 4.45. The molecule has 13 heavy (non-hydrogen) atoms. The van der Waals surface area contributed by atoms with Crippen LogP contribution in [0.5, 0.6) is 0 Å². The number of rotatable bonds is 0. The fourth-order valence-electron chi connectivity index (χ4n) is 1.68. The first-order valence-corrected chi connectivity index (χ1v) is 5.53. The van der Waals surface area contributed by atoms with Crippen LogP contribution in [0.3, 0.4) is 0 Å². The highest BCUT2D eigenvalue weighted by Crippen LogP contribution is 2.19. The van der Waals surface area contributed by atoms with Crippen LogP contribution >= 0.6 is 0 Å². The van der Waals surface area contributed by atoms with E-state index >= 15 is 0 Å². The van der Waals surface area contributed by atoms with Gasteiger partial charge in [-0.1, -0.05) is 43.5 Å². The van der Waals surface area contributed by atoms with Crippen molar-refractivity contribution in [2.75, 3.05) is 0 Å². The Kier molecular flexibility index (Phi) is 3.02. The molecule has 1 aromatic rings. The van der Waals surface area contributed by atoms with Crippen LogP contribution in [0.15, 0.2) is 24.3 Å². The van der Waals surface area contributed by atoms with Crippen molar-refractivity contribution in [3.63, 3.8) is 0 Å². The Bertz CT molecular complexity index is 233. The predicted octanol–water partition coefficient (Wildman–Crippen LogP) is 3.74. The van der Waals surface area contributed by atoms with Crippen LogP contribution in [0.1, 0.15) is 43.2 Å². The summed E-state index contributed by atoms with van der Waals surface area (Å²) in [6, 6.07) is 8.80. The standard InChI is InChI=1S/C10H12.C3H6/c1-2-6-10-8-4-3-7-9(10)5-1;1-2-3-1/h1-2,5-6H,3-4,7-8H2;1-3H2. The van der Waals surface area contributed by atoms with Crippen molar-refractivity contribution >= 4 is 0 Å². The molecule has 0 saturated heterocycles. The smallest absolute Gasteiger partial charge is 0.0276 e. The summed E-state index contributed by atoms with van der Waals surface area (Å²) >= 11 is 0. The maximum Gasteiger partial charge on any atom is -0.0276 e. The van der Waals surface area contributed by atoms with E-state index in [2.05, 4.69) is 24.3 Å². The highest BCUT2D eigenvalue weighted by Gasteiger charge is 2.05. The Balaban J connectivity index is 0.000000185. The number of hydrogen-bond donors (Lipinski definition) is 0. The summed E-state index contributed by atoms with van der Waals surface area (Å²) in [5.41, 5.74) is 3.16. The minimum Gasteiger partial charge on any atom is -0.0620 e. The third-order valence-electron chi connectivity index (χ3n) is 2.61. The van der Waals surface area contributed by atoms with E-state index in [0.29, 0.717) is 0 Å². The Morgan fingerprint density at radius 3 is 1.46 bits per heavy atom. The maximum atomic E-state index is 2.26. The molecule has 0 unspecified atom stereocenters. The van der Waals surface area contributed by atoms with E-state index in [4.69, 9.17) is 0 Å². The van der Waals surface area contributed by atoms with Crippen LogP contribution in [0.4, 0.5) is 0 Å². The van der Waals surface area contributed by atoms with Gasteiger partial charge in [0.05, 0.1) is 0 Å². The summed E-state index contributed by atoms with van der Waals surface area (Å²) in [4.78, 5) is 0. The molecule has 0 heteroatoms. The van der Waals surface area contributed by atoms with Crippen molar-refractivity contribution < 1.29 is 0 Å². The third kappa shape index (κ3) is 2.87. The monoisotopic (exact) mass is 174 g/mol. The lowest BCUT2D eigenvalue weighted by molar-refractivity contribution is 0.685. The minimum atomic E-state index is 1.30. The zero-order valence-electron chi connectivity index (χ0n) is 8.26. The minimum absolute atomic E-state index is 1.30. The van der Waals surface area contributed by atoms with E-state index in [1.54, 1.807) is 11.1 Å². The van der Waals surface area contributed by atoms with E-state index in [9.17, 15) is 0 Å². The Morgan fingerprint density at radius 1 is 0.615 bits per heavy atom. The molecule has 0 heterocycles. The van der Waals surface area contributed by atoms with Crippen molar-refractivity contribution in [1.82, 2.24) is 0 Å². The second-order valence-electron chi connectivity index (χ2n) is 4.04. The molecule has 70 valence electrons. The lowest BCUT2D eigenvalue weighted by Crippen LogP contribution is -2.00. The molecule has 2 aliphatic carbocycles. The molecule has 0 amide bonds. The van der Waals surface area contributed by atoms with Gasteiger partial charge in [0.15, 0.2) is 0 Å². The molecule has 0 atom stereocenters. The normalized spacial score (nSPS) is 18.2. The van der Waals surface area contributed by atoms with Gasteiger partial charge in [0.2, 0.25) is 0 Å². The van der Waals surface area contributed by atoms with Crippen molar-refractivity contribution in [3.8, 4) is 0 Å². The highest BCUT2D eigenvalue weighted by atomic mass is 14.1. The fraction of sp³-hybridized carbons (Fsp3) is 0.538. The van der Waals surface area contributed by atoms with Gasteiger partial charge in [-0.3, -0.25) is 0 Å². The average Bonchev–Trinajstić information content (AvgIpc) is 3.05. The molecule has 1 fully saturated rings. The number of fused-ring (bicyclic) bond motifs is 1. The van der Waals surface area contributed by atoms with Gasteiger partial charge in [-0.15, -0.1) is 0 Å². The SMILES string of the molecule is C1CC1.c1ccc2c(c1)CCCC2. The number of aryl methyl sites for hydroxylation is 2. The summed E-state index contributed by atoms with van der Waals surface area (Å²) in [5.74, 6) is 0. The molecule has 3 rings (SSSR count). The summed E-state index contributed by atoms with van der Waals surface area (Å²) in [7, 11) is 0. The molecule has 0 aromatic heterocycles. The zero-order chi connectivity index (χ0) is 8.93. The van der Waals surface area contributed by atoms with Gasteiger partial charge < -0.3 is 0 Å². The van der Waals surface area contributed by atoms with Gasteiger partial charge in [-0.25, -0.2) is 0 Å². The Hall–Kier alpha value is -0.780. The number of benzene rings is 1. The highest BCUT2D eigenvalue weighted by molar-refractivity contribution is 5.28. The maximum absolute atomic E-state index is 2.26. The van der Waals surface area contributed by atoms with Crippen molar-refractivity contribution in [1.29, 1.82) is 0 Å². The molecule has 1 saturated carbocycles. The predicted molar refractivity (Wildman–Crippen MR) is 56.9 cm³/mol. The van der Waals surface area contributed by atoms with E-state index in [-0.39, 0.29) is 0 Å². The molecular formula is C13H18. The van der Waals surface area contributed by atoms with Gasteiger partial charge in [0, 0.05) is 0 Å². The summed E-state index contributed by atoms with van der Waals surface area (Å²) in [6.45, 7) is 0. The zero-order valence-corrected chi connectivity index (χ0v) is 8.26. The van der Waals surface area contributed by atoms with E-state index in [1.807, 2.05) is 0 Å². The fourth-order valence-corrected chi connectivity index (χ4v) is 1.68.